The van der Waals surface area contributed by atoms with Gasteiger partial charge < -0.3 is 10.6 Å². The Morgan fingerprint density at radius 3 is 3.14 bits per heavy atom. The van der Waals surface area contributed by atoms with E-state index in [0.29, 0.717) is 6.54 Å². The SMILES string of the molecule is CCCCNC(=O)/C(C#N)=C\Nc1ccc2cn[nH]c2c1. The number of benzene rings is 1. The minimum atomic E-state index is -0.360. The Hall–Kier alpha value is -2.81. The number of nitrogens with one attached hydrogen (secondary N) is 3. The van der Waals surface area contributed by atoms with E-state index in [9.17, 15) is 4.79 Å². The number of hydrogen-bond acceptors (Lipinski definition) is 4. The van der Waals surface area contributed by atoms with E-state index >= 15 is 0 Å². The summed E-state index contributed by atoms with van der Waals surface area (Å²) in [7, 11) is 0. The van der Waals surface area contributed by atoms with Gasteiger partial charge in [0.2, 0.25) is 0 Å². The Kier molecular flexibility index (Phi) is 4.94. The highest BCUT2D eigenvalue weighted by Gasteiger charge is 2.07. The Morgan fingerprint density at radius 1 is 1.52 bits per heavy atom. The summed E-state index contributed by atoms with van der Waals surface area (Å²) >= 11 is 0. The molecule has 1 heterocycles. The number of aromatic nitrogens is 2. The van der Waals surface area contributed by atoms with E-state index in [0.717, 1.165) is 29.4 Å². The molecule has 6 nitrogen and oxygen atoms in total. The molecule has 0 saturated carbocycles. The number of rotatable bonds is 6. The minimum Gasteiger partial charge on any atom is -0.360 e. The molecule has 0 saturated heterocycles. The summed E-state index contributed by atoms with van der Waals surface area (Å²) in [5.74, 6) is -0.360. The first-order valence-electron chi connectivity index (χ1n) is 6.82. The molecule has 0 unspecified atom stereocenters. The Morgan fingerprint density at radius 2 is 2.38 bits per heavy atom. The maximum Gasteiger partial charge on any atom is 0.263 e. The Labute approximate surface area is 122 Å². The molecule has 0 radical (unpaired) electrons. The van der Waals surface area contributed by atoms with Crippen molar-refractivity contribution in [2.45, 2.75) is 19.8 Å². The zero-order valence-electron chi connectivity index (χ0n) is 11.8. The second kappa shape index (κ2) is 7.10. The normalized spacial score (nSPS) is 11.1. The summed E-state index contributed by atoms with van der Waals surface area (Å²) in [6, 6.07) is 7.53. The highest BCUT2D eigenvalue weighted by Crippen LogP contribution is 2.16. The number of unbranched alkanes of at least 4 members (excludes halogenated alkanes) is 1. The predicted molar refractivity (Wildman–Crippen MR) is 81.3 cm³/mol. The van der Waals surface area contributed by atoms with Crippen LogP contribution in [-0.4, -0.2) is 22.6 Å². The van der Waals surface area contributed by atoms with E-state index in [2.05, 4.69) is 20.8 Å². The fourth-order valence-electron chi connectivity index (χ4n) is 1.80. The van der Waals surface area contributed by atoms with E-state index in [-0.39, 0.29) is 11.5 Å². The maximum absolute atomic E-state index is 11.8. The van der Waals surface area contributed by atoms with Gasteiger partial charge in [0.15, 0.2) is 0 Å². The molecule has 1 aromatic carbocycles. The first kappa shape index (κ1) is 14.6. The van der Waals surface area contributed by atoms with E-state index in [1.807, 2.05) is 31.2 Å². The summed E-state index contributed by atoms with van der Waals surface area (Å²) in [5, 5.41) is 22.5. The Balaban J connectivity index is 2.03. The number of carbonyl (C=O) groups excluding carboxylic acids is 1. The molecule has 0 aliphatic heterocycles. The van der Waals surface area contributed by atoms with Crippen molar-refractivity contribution in [3.63, 3.8) is 0 Å². The first-order chi connectivity index (χ1) is 10.2. The molecular formula is C15H17N5O. The monoisotopic (exact) mass is 283 g/mol. The van der Waals surface area contributed by atoms with Gasteiger partial charge in [0.05, 0.1) is 11.7 Å². The third kappa shape index (κ3) is 3.83. The maximum atomic E-state index is 11.8. The minimum absolute atomic E-state index is 0.0517. The number of nitrogens with zero attached hydrogens (tertiary/aromatic N) is 2. The van der Waals surface area contributed by atoms with Crippen LogP contribution in [0.2, 0.25) is 0 Å². The number of hydrogen-bond donors (Lipinski definition) is 3. The van der Waals surface area contributed by atoms with Crippen molar-refractivity contribution in [3.8, 4) is 6.07 Å². The van der Waals surface area contributed by atoms with Gasteiger partial charge in [0, 0.05) is 23.8 Å². The molecule has 21 heavy (non-hydrogen) atoms. The molecule has 6 heteroatoms. The number of H-pyrrole nitrogens is 1. The topological polar surface area (TPSA) is 93.6 Å². The highest BCUT2D eigenvalue weighted by atomic mass is 16.1. The molecule has 2 rings (SSSR count). The Bertz CT molecular complexity index is 695. The van der Waals surface area contributed by atoms with Crippen molar-refractivity contribution < 1.29 is 4.79 Å². The van der Waals surface area contributed by atoms with E-state index < -0.39 is 0 Å². The van der Waals surface area contributed by atoms with Gasteiger partial charge in [-0.2, -0.15) is 10.4 Å². The fraction of sp³-hybridized carbons (Fsp3) is 0.267. The van der Waals surface area contributed by atoms with Crippen molar-refractivity contribution in [1.29, 1.82) is 5.26 Å². The molecule has 108 valence electrons. The second-order valence-electron chi connectivity index (χ2n) is 4.60. The van der Waals surface area contributed by atoms with Crippen LogP contribution in [0.3, 0.4) is 0 Å². The average Bonchev–Trinajstić information content (AvgIpc) is 2.95. The van der Waals surface area contributed by atoms with Crippen LogP contribution in [0.1, 0.15) is 19.8 Å². The van der Waals surface area contributed by atoms with E-state index in [1.54, 1.807) is 6.20 Å². The lowest BCUT2D eigenvalue weighted by Crippen LogP contribution is -2.25. The summed E-state index contributed by atoms with van der Waals surface area (Å²) in [6.07, 6.45) is 5.04. The molecule has 0 bridgehead atoms. The summed E-state index contributed by atoms with van der Waals surface area (Å²) in [6.45, 7) is 2.62. The number of fused-ring (bicyclic) bond motifs is 1. The van der Waals surface area contributed by atoms with Crippen LogP contribution in [0, 0.1) is 11.3 Å². The number of aromatic amines is 1. The number of amides is 1. The number of nitriles is 1. The van der Waals surface area contributed by atoms with Crippen LogP contribution < -0.4 is 10.6 Å². The third-order valence-corrected chi connectivity index (χ3v) is 3.01. The predicted octanol–water partition coefficient (Wildman–Crippen LogP) is 2.30. The van der Waals surface area contributed by atoms with Crippen LogP contribution in [-0.2, 0) is 4.79 Å². The van der Waals surface area contributed by atoms with Crippen molar-refractivity contribution in [1.82, 2.24) is 15.5 Å². The lowest BCUT2D eigenvalue weighted by molar-refractivity contribution is -0.117. The first-order valence-corrected chi connectivity index (χ1v) is 6.82. The largest absolute Gasteiger partial charge is 0.360 e. The average molecular weight is 283 g/mol. The molecule has 0 aliphatic rings. The molecule has 0 fully saturated rings. The van der Waals surface area contributed by atoms with E-state index in [4.69, 9.17) is 5.26 Å². The molecule has 1 aromatic heterocycles. The molecule has 1 amide bonds. The number of carbonyl (C=O) groups is 1. The second-order valence-corrected chi connectivity index (χ2v) is 4.60. The molecule has 0 atom stereocenters. The quantitative estimate of drug-likeness (QED) is 0.431. The lowest BCUT2D eigenvalue weighted by Gasteiger charge is -2.04. The number of anilines is 1. The van der Waals surface area contributed by atoms with E-state index in [1.165, 1.54) is 6.20 Å². The molecule has 3 N–H and O–H groups in total. The van der Waals surface area contributed by atoms with Crippen LogP contribution in [0.4, 0.5) is 5.69 Å². The third-order valence-electron chi connectivity index (χ3n) is 3.01. The molecule has 0 aliphatic carbocycles. The van der Waals surface area contributed by atoms with Crippen LogP contribution in [0.25, 0.3) is 10.9 Å². The molecule has 0 spiro atoms. The van der Waals surface area contributed by atoms with Crippen LogP contribution >= 0.6 is 0 Å². The van der Waals surface area contributed by atoms with Gasteiger partial charge in [0.1, 0.15) is 11.6 Å². The van der Waals surface area contributed by atoms with Gasteiger partial charge in [-0.05, 0) is 24.6 Å². The molecular weight excluding hydrogens is 266 g/mol. The molecule has 2 aromatic rings. The van der Waals surface area contributed by atoms with Crippen LogP contribution in [0.5, 0.6) is 0 Å². The smallest absolute Gasteiger partial charge is 0.263 e. The lowest BCUT2D eigenvalue weighted by atomic mass is 10.2. The standard InChI is InChI=1S/C15H17N5O/c1-2-3-6-17-15(21)12(8-16)9-18-13-5-4-11-10-19-20-14(11)7-13/h4-5,7,9-10,18H,2-3,6H2,1H3,(H,17,21)(H,19,20)/b12-9-. The van der Waals surface area contributed by atoms with Gasteiger partial charge >= 0.3 is 0 Å². The van der Waals surface area contributed by atoms with Gasteiger partial charge in [-0.3, -0.25) is 9.89 Å². The zero-order valence-corrected chi connectivity index (χ0v) is 11.8. The summed E-state index contributed by atoms with van der Waals surface area (Å²) in [5.41, 5.74) is 1.72. The van der Waals surface area contributed by atoms with Crippen molar-refractivity contribution in [3.05, 3.63) is 36.2 Å². The highest BCUT2D eigenvalue weighted by molar-refractivity contribution is 5.97. The summed E-state index contributed by atoms with van der Waals surface area (Å²) in [4.78, 5) is 11.8. The fourth-order valence-corrected chi connectivity index (χ4v) is 1.80. The van der Waals surface area contributed by atoms with Crippen molar-refractivity contribution >= 4 is 22.5 Å². The summed E-state index contributed by atoms with van der Waals surface area (Å²) < 4.78 is 0. The van der Waals surface area contributed by atoms with Gasteiger partial charge in [-0.1, -0.05) is 13.3 Å². The van der Waals surface area contributed by atoms with Gasteiger partial charge in [-0.25, -0.2) is 0 Å². The van der Waals surface area contributed by atoms with Crippen molar-refractivity contribution in [2.75, 3.05) is 11.9 Å². The zero-order chi connectivity index (χ0) is 15.1. The van der Waals surface area contributed by atoms with Gasteiger partial charge in [0.25, 0.3) is 5.91 Å². The van der Waals surface area contributed by atoms with Crippen LogP contribution in [0.15, 0.2) is 36.2 Å². The van der Waals surface area contributed by atoms with Gasteiger partial charge in [-0.15, -0.1) is 0 Å². The van der Waals surface area contributed by atoms with Crippen molar-refractivity contribution in [2.24, 2.45) is 0 Å².